The van der Waals surface area contributed by atoms with Gasteiger partial charge in [-0.3, -0.25) is 0 Å². The van der Waals surface area contributed by atoms with E-state index in [0.717, 1.165) is 12.5 Å². The highest BCUT2D eigenvalue weighted by Crippen LogP contribution is 2.29. The minimum atomic E-state index is -0.627. The van der Waals surface area contributed by atoms with Crippen molar-refractivity contribution < 1.29 is 9.13 Å². The molecule has 0 aliphatic heterocycles. The van der Waals surface area contributed by atoms with Crippen LogP contribution in [0.15, 0.2) is 24.5 Å². The van der Waals surface area contributed by atoms with Gasteiger partial charge in [-0.15, -0.1) is 0 Å². The third-order valence-electron chi connectivity index (χ3n) is 2.81. The topological polar surface area (TPSA) is 96.8 Å². The number of nitriles is 1. The maximum Gasteiger partial charge on any atom is 0.227 e. The molecule has 0 radical (unpaired) electrons. The van der Waals surface area contributed by atoms with Gasteiger partial charge in [0.1, 0.15) is 12.1 Å². The van der Waals surface area contributed by atoms with Gasteiger partial charge in [0, 0.05) is 0 Å². The molecule has 0 saturated heterocycles. The van der Waals surface area contributed by atoms with Gasteiger partial charge < -0.3 is 10.2 Å². The Bertz CT molecular complexity index is 684. The molecule has 0 aliphatic carbocycles. The van der Waals surface area contributed by atoms with Crippen LogP contribution in [0.3, 0.4) is 0 Å². The summed E-state index contributed by atoms with van der Waals surface area (Å²) in [6.45, 7) is 1.99. The van der Waals surface area contributed by atoms with Gasteiger partial charge in [-0.05, 0) is 24.6 Å². The van der Waals surface area contributed by atoms with E-state index in [1.165, 1.54) is 18.5 Å². The Balaban J connectivity index is 2.37. The van der Waals surface area contributed by atoms with Crippen molar-refractivity contribution >= 4 is 5.82 Å². The van der Waals surface area contributed by atoms with Crippen molar-refractivity contribution in [3.63, 3.8) is 0 Å². The van der Waals surface area contributed by atoms with Gasteiger partial charge in [-0.25, -0.2) is 20.2 Å². The summed E-state index contributed by atoms with van der Waals surface area (Å²) in [5.41, 5.74) is 3.37. The molecular weight excluding hydrogens is 273 g/mol. The Morgan fingerprint density at radius 2 is 2.24 bits per heavy atom. The van der Waals surface area contributed by atoms with E-state index in [1.807, 2.05) is 13.0 Å². The average Bonchev–Trinajstić information content (AvgIpc) is 2.51. The van der Waals surface area contributed by atoms with Gasteiger partial charge in [0.25, 0.3) is 0 Å². The van der Waals surface area contributed by atoms with E-state index in [-0.39, 0.29) is 17.2 Å². The van der Waals surface area contributed by atoms with Gasteiger partial charge in [0.05, 0.1) is 17.2 Å². The SMILES string of the molecule is CCCc1c(NN)ncnc1Oc1ccc(C#N)cc1F. The van der Waals surface area contributed by atoms with E-state index in [4.69, 9.17) is 15.8 Å². The molecule has 0 aliphatic rings. The van der Waals surface area contributed by atoms with Crippen molar-refractivity contribution in [2.75, 3.05) is 5.43 Å². The quantitative estimate of drug-likeness (QED) is 0.648. The fraction of sp³-hybridized carbons (Fsp3) is 0.214. The van der Waals surface area contributed by atoms with Crippen molar-refractivity contribution in [2.45, 2.75) is 19.8 Å². The molecule has 0 saturated carbocycles. The molecule has 2 aromatic rings. The number of aromatic nitrogens is 2. The minimum absolute atomic E-state index is 0.00646. The van der Waals surface area contributed by atoms with Crippen LogP contribution in [-0.4, -0.2) is 9.97 Å². The first kappa shape index (κ1) is 14.7. The molecule has 0 spiro atoms. The summed E-state index contributed by atoms with van der Waals surface area (Å²) in [7, 11) is 0. The van der Waals surface area contributed by atoms with Crippen molar-refractivity contribution in [1.82, 2.24) is 9.97 Å². The van der Waals surface area contributed by atoms with E-state index in [2.05, 4.69) is 15.4 Å². The van der Waals surface area contributed by atoms with Crippen LogP contribution in [0.5, 0.6) is 11.6 Å². The van der Waals surface area contributed by atoms with Crippen LogP contribution < -0.4 is 16.0 Å². The number of nitrogens with zero attached hydrogens (tertiary/aromatic N) is 3. The summed E-state index contributed by atoms with van der Waals surface area (Å²) >= 11 is 0. The standard InChI is InChI=1S/C14H14FN5O/c1-2-3-10-13(20-17)18-8-19-14(10)21-12-5-4-9(7-16)6-11(12)15/h4-6,8H,2-3,17H2,1H3,(H,18,19,20). The zero-order valence-electron chi connectivity index (χ0n) is 11.4. The third kappa shape index (κ3) is 3.24. The second-order valence-electron chi connectivity index (χ2n) is 4.26. The summed E-state index contributed by atoms with van der Waals surface area (Å²) in [6, 6.07) is 5.83. The molecule has 21 heavy (non-hydrogen) atoms. The van der Waals surface area contributed by atoms with Crippen molar-refractivity contribution in [3.05, 3.63) is 41.5 Å². The van der Waals surface area contributed by atoms with Gasteiger partial charge in [0.2, 0.25) is 5.88 Å². The monoisotopic (exact) mass is 287 g/mol. The first-order chi connectivity index (χ1) is 10.2. The number of anilines is 1. The summed E-state index contributed by atoms with van der Waals surface area (Å²) in [5, 5.41) is 8.72. The minimum Gasteiger partial charge on any atom is -0.435 e. The molecule has 7 heteroatoms. The Hall–Kier alpha value is -2.72. The van der Waals surface area contributed by atoms with Crippen LogP contribution in [0.1, 0.15) is 24.5 Å². The van der Waals surface area contributed by atoms with Crippen LogP contribution >= 0.6 is 0 Å². The number of nitrogen functional groups attached to an aromatic ring is 1. The number of nitrogens with two attached hydrogens (primary N) is 1. The highest BCUT2D eigenvalue weighted by atomic mass is 19.1. The first-order valence-electron chi connectivity index (χ1n) is 6.37. The summed E-state index contributed by atoms with van der Waals surface area (Å²) in [6.07, 6.45) is 2.74. The van der Waals surface area contributed by atoms with Crippen LogP contribution in [0.4, 0.5) is 10.2 Å². The van der Waals surface area contributed by atoms with Crippen molar-refractivity contribution in [2.24, 2.45) is 5.84 Å². The molecular formula is C14H14FN5O. The molecule has 108 valence electrons. The smallest absolute Gasteiger partial charge is 0.227 e. The Labute approximate surface area is 121 Å². The van der Waals surface area contributed by atoms with E-state index < -0.39 is 5.82 Å². The van der Waals surface area contributed by atoms with Gasteiger partial charge >= 0.3 is 0 Å². The zero-order chi connectivity index (χ0) is 15.2. The first-order valence-corrected chi connectivity index (χ1v) is 6.37. The number of ether oxygens (including phenoxy) is 1. The summed E-state index contributed by atoms with van der Waals surface area (Å²) in [5.74, 6) is 5.45. The second kappa shape index (κ2) is 6.63. The summed E-state index contributed by atoms with van der Waals surface area (Å²) < 4.78 is 19.4. The Kier molecular flexibility index (Phi) is 4.64. The fourth-order valence-electron chi connectivity index (χ4n) is 1.84. The highest BCUT2D eigenvalue weighted by molar-refractivity contribution is 5.49. The maximum atomic E-state index is 13.9. The highest BCUT2D eigenvalue weighted by Gasteiger charge is 2.14. The predicted octanol–water partition coefficient (Wildman–Crippen LogP) is 2.52. The molecule has 1 aromatic carbocycles. The predicted molar refractivity (Wildman–Crippen MR) is 75.0 cm³/mol. The van der Waals surface area contributed by atoms with Gasteiger partial charge in [0.15, 0.2) is 11.6 Å². The molecule has 0 atom stereocenters. The molecule has 2 rings (SSSR count). The Morgan fingerprint density at radius 1 is 1.43 bits per heavy atom. The van der Waals surface area contributed by atoms with Crippen molar-refractivity contribution in [1.29, 1.82) is 5.26 Å². The summed E-state index contributed by atoms with van der Waals surface area (Å²) in [4.78, 5) is 8.03. The molecule has 1 heterocycles. The molecule has 6 nitrogen and oxygen atoms in total. The maximum absolute atomic E-state index is 13.9. The zero-order valence-corrected chi connectivity index (χ0v) is 11.4. The number of nitrogens with one attached hydrogen (secondary N) is 1. The number of halogens is 1. The molecule has 1 aromatic heterocycles. The molecule has 3 N–H and O–H groups in total. The van der Waals surface area contributed by atoms with Crippen molar-refractivity contribution in [3.8, 4) is 17.7 Å². The van der Waals surface area contributed by atoms with Crippen LogP contribution in [-0.2, 0) is 6.42 Å². The third-order valence-corrected chi connectivity index (χ3v) is 2.81. The van der Waals surface area contributed by atoms with E-state index in [0.29, 0.717) is 17.8 Å². The largest absolute Gasteiger partial charge is 0.435 e. The lowest BCUT2D eigenvalue weighted by Gasteiger charge is -2.12. The van der Waals surface area contributed by atoms with Gasteiger partial charge in [-0.2, -0.15) is 5.26 Å². The normalized spacial score (nSPS) is 10.0. The lowest BCUT2D eigenvalue weighted by atomic mass is 10.1. The molecule has 0 fully saturated rings. The molecule has 0 unspecified atom stereocenters. The lowest BCUT2D eigenvalue weighted by molar-refractivity contribution is 0.421. The number of benzene rings is 1. The van der Waals surface area contributed by atoms with E-state index in [9.17, 15) is 4.39 Å². The van der Waals surface area contributed by atoms with E-state index >= 15 is 0 Å². The number of hydrogen-bond donors (Lipinski definition) is 2. The van der Waals surface area contributed by atoms with E-state index in [1.54, 1.807) is 0 Å². The number of hydrogen-bond acceptors (Lipinski definition) is 6. The Morgan fingerprint density at radius 3 is 2.86 bits per heavy atom. The fourth-order valence-corrected chi connectivity index (χ4v) is 1.84. The number of hydrazine groups is 1. The van der Waals surface area contributed by atoms with Gasteiger partial charge in [-0.1, -0.05) is 13.3 Å². The molecule has 0 bridgehead atoms. The molecule has 0 amide bonds. The van der Waals surface area contributed by atoms with Crippen LogP contribution in [0, 0.1) is 17.1 Å². The van der Waals surface area contributed by atoms with Crippen LogP contribution in [0.2, 0.25) is 0 Å². The number of rotatable bonds is 5. The second-order valence-corrected chi connectivity index (χ2v) is 4.26. The average molecular weight is 287 g/mol. The lowest BCUT2D eigenvalue weighted by Crippen LogP contribution is -2.12. The van der Waals surface area contributed by atoms with Crippen LogP contribution in [0.25, 0.3) is 0 Å².